The minimum absolute atomic E-state index is 0.0252. The van der Waals surface area contributed by atoms with Crippen molar-refractivity contribution >= 4 is 27.1 Å². The van der Waals surface area contributed by atoms with Gasteiger partial charge in [0.05, 0.1) is 11.4 Å². The van der Waals surface area contributed by atoms with Crippen LogP contribution in [-0.2, 0) is 10.0 Å². The molecule has 0 spiro atoms. The molecule has 0 saturated carbocycles. The van der Waals surface area contributed by atoms with E-state index in [1.54, 1.807) is 37.4 Å². The number of hydrogen-bond acceptors (Lipinski definition) is 5. The van der Waals surface area contributed by atoms with E-state index in [-0.39, 0.29) is 5.03 Å². The van der Waals surface area contributed by atoms with Gasteiger partial charge in [-0.05, 0) is 30.3 Å². The van der Waals surface area contributed by atoms with Crippen LogP contribution in [0.1, 0.15) is 0 Å². The zero-order valence-corrected chi connectivity index (χ0v) is 13.0. The second-order valence-electron chi connectivity index (χ2n) is 4.66. The molecule has 2 rings (SSSR count). The van der Waals surface area contributed by atoms with Crippen LogP contribution in [0.3, 0.4) is 0 Å². The number of rotatable bonds is 5. The molecule has 21 heavy (non-hydrogen) atoms. The van der Waals surface area contributed by atoms with Crippen molar-refractivity contribution in [1.82, 2.24) is 4.98 Å². The van der Waals surface area contributed by atoms with Crippen molar-refractivity contribution in [3.8, 4) is 0 Å². The highest BCUT2D eigenvalue weighted by molar-refractivity contribution is 7.92. The maximum Gasteiger partial charge on any atom is 0.281 e. The van der Waals surface area contributed by atoms with Crippen LogP contribution in [0.4, 0.5) is 17.1 Å². The molecular weight excluding hydrogens is 288 g/mol. The fraction of sp³-hybridized carbons (Fsp3) is 0.214. The number of aromatic nitrogens is 1. The van der Waals surface area contributed by atoms with Crippen LogP contribution >= 0.6 is 0 Å². The number of benzene rings is 1. The average Bonchev–Trinajstić information content (AvgIpc) is 2.47. The van der Waals surface area contributed by atoms with Crippen LogP contribution < -0.4 is 14.9 Å². The summed E-state index contributed by atoms with van der Waals surface area (Å²) in [5, 5.41) is 2.80. The van der Waals surface area contributed by atoms with Gasteiger partial charge < -0.3 is 10.2 Å². The molecule has 0 aliphatic rings. The Balaban J connectivity index is 2.35. The molecule has 0 bridgehead atoms. The second kappa shape index (κ2) is 6.01. The summed E-state index contributed by atoms with van der Waals surface area (Å²) in [6, 6.07) is 10.5. The fourth-order valence-electron chi connectivity index (χ4n) is 1.85. The zero-order valence-electron chi connectivity index (χ0n) is 12.2. The predicted molar refractivity (Wildman–Crippen MR) is 85.4 cm³/mol. The zero-order chi connectivity index (χ0) is 15.5. The molecule has 1 aromatic heterocycles. The van der Waals surface area contributed by atoms with Gasteiger partial charge in [-0.15, -0.1) is 0 Å². The maximum absolute atomic E-state index is 12.4. The Hall–Kier alpha value is -2.28. The number of nitrogens with zero attached hydrogens (tertiary/aromatic N) is 2. The summed E-state index contributed by atoms with van der Waals surface area (Å²) in [4.78, 5) is 5.85. The van der Waals surface area contributed by atoms with Crippen molar-refractivity contribution < 1.29 is 8.42 Å². The summed E-state index contributed by atoms with van der Waals surface area (Å²) >= 11 is 0. The van der Waals surface area contributed by atoms with Crippen LogP contribution in [0, 0.1) is 0 Å². The summed E-state index contributed by atoms with van der Waals surface area (Å²) in [6.07, 6.45) is 1.45. The van der Waals surface area contributed by atoms with E-state index < -0.39 is 10.0 Å². The molecule has 0 unspecified atom stereocenters. The van der Waals surface area contributed by atoms with Gasteiger partial charge in [-0.25, -0.2) is 4.98 Å². The molecule has 0 aliphatic heterocycles. The lowest BCUT2D eigenvalue weighted by molar-refractivity contribution is 0.598. The van der Waals surface area contributed by atoms with Crippen LogP contribution in [-0.4, -0.2) is 34.5 Å². The molecule has 2 aromatic rings. The monoisotopic (exact) mass is 306 g/mol. The molecule has 2 N–H and O–H groups in total. The number of sulfonamides is 1. The lowest BCUT2D eigenvalue weighted by atomic mass is 10.3. The molecule has 6 nitrogen and oxygen atoms in total. The number of hydrogen-bond donors (Lipinski definition) is 2. The minimum atomic E-state index is -3.74. The van der Waals surface area contributed by atoms with E-state index in [0.29, 0.717) is 11.4 Å². The van der Waals surface area contributed by atoms with Gasteiger partial charge in [-0.3, -0.25) is 4.72 Å². The Morgan fingerprint density at radius 1 is 1.14 bits per heavy atom. The van der Waals surface area contributed by atoms with Crippen molar-refractivity contribution in [2.75, 3.05) is 36.1 Å². The number of anilines is 3. The lowest BCUT2D eigenvalue weighted by Gasteiger charge is -2.15. The van der Waals surface area contributed by atoms with E-state index in [0.717, 1.165) is 5.69 Å². The smallest absolute Gasteiger partial charge is 0.281 e. The molecule has 1 aromatic carbocycles. The Morgan fingerprint density at radius 3 is 2.57 bits per heavy atom. The molecule has 0 aliphatic carbocycles. The van der Waals surface area contributed by atoms with Gasteiger partial charge in [0.25, 0.3) is 10.0 Å². The predicted octanol–water partition coefficient (Wildman–Crippen LogP) is 1.99. The quantitative estimate of drug-likeness (QED) is 0.883. The van der Waals surface area contributed by atoms with E-state index in [9.17, 15) is 8.42 Å². The van der Waals surface area contributed by atoms with E-state index in [1.807, 2.05) is 25.1 Å². The molecule has 112 valence electrons. The third-order valence-electron chi connectivity index (χ3n) is 2.91. The fourth-order valence-corrected chi connectivity index (χ4v) is 3.04. The normalized spacial score (nSPS) is 11.0. The molecule has 7 heteroatoms. The number of pyridine rings is 1. The van der Waals surface area contributed by atoms with E-state index >= 15 is 0 Å². The Bertz CT molecular complexity index is 729. The Kier molecular flexibility index (Phi) is 4.32. The maximum atomic E-state index is 12.4. The Morgan fingerprint density at radius 2 is 1.90 bits per heavy atom. The van der Waals surface area contributed by atoms with Gasteiger partial charge >= 0.3 is 0 Å². The van der Waals surface area contributed by atoms with E-state index in [1.165, 1.54) is 6.20 Å². The standard InChI is InChI=1S/C14H18N4O2S/c1-15-13-8-5-9-16-14(13)21(19,20)17-11-6-4-7-12(10-11)18(2)3/h4-10,15,17H,1-3H3. The van der Waals surface area contributed by atoms with Gasteiger partial charge in [0.1, 0.15) is 0 Å². The van der Waals surface area contributed by atoms with Crippen molar-refractivity contribution in [2.45, 2.75) is 5.03 Å². The molecule has 0 fully saturated rings. The van der Waals surface area contributed by atoms with Crippen molar-refractivity contribution in [3.63, 3.8) is 0 Å². The summed E-state index contributed by atoms with van der Waals surface area (Å²) in [5.41, 5.74) is 1.85. The van der Waals surface area contributed by atoms with Crippen LogP contribution in [0.25, 0.3) is 0 Å². The summed E-state index contributed by atoms with van der Waals surface area (Å²) < 4.78 is 27.4. The molecule has 0 atom stereocenters. The largest absolute Gasteiger partial charge is 0.386 e. The van der Waals surface area contributed by atoms with Crippen molar-refractivity contribution in [2.24, 2.45) is 0 Å². The third kappa shape index (κ3) is 3.43. The minimum Gasteiger partial charge on any atom is -0.386 e. The topological polar surface area (TPSA) is 74.3 Å². The van der Waals surface area contributed by atoms with E-state index in [4.69, 9.17) is 0 Å². The first-order valence-electron chi connectivity index (χ1n) is 6.37. The lowest BCUT2D eigenvalue weighted by Crippen LogP contribution is -2.17. The number of nitrogens with one attached hydrogen (secondary N) is 2. The SMILES string of the molecule is CNc1cccnc1S(=O)(=O)Nc1cccc(N(C)C)c1. The summed E-state index contributed by atoms with van der Waals surface area (Å²) in [6.45, 7) is 0. The van der Waals surface area contributed by atoms with Gasteiger partial charge in [-0.2, -0.15) is 8.42 Å². The highest BCUT2D eigenvalue weighted by Gasteiger charge is 2.19. The first-order valence-corrected chi connectivity index (χ1v) is 7.85. The van der Waals surface area contributed by atoms with Crippen LogP contribution in [0.2, 0.25) is 0 Å². The molecular formula is C14H18N4O2S. The van der Waals surface area contributed by atoms with E-state index in [2.05, 4.69) is 15.0 Å². The molecule has 0 amide bonds. The van der Waals surface area contributed by atoms with Crippen molar-refractivity contribution in [1.29, 1.82) is 0 Å². The molecule has 0 saturated heterocycles. The van der Waals surface area contributed by atoms with Gasteiger partial charge in [0, 0.05) is 33.0 Å². The first kappa shape index (κ1) is 15.1. The van der Waals surface area contributed by atoms with Gasteiger partial charge in [-0.1, -0.05) is 6.07 Å². The Labute approximate surface area is 124 Å². The highest BCUT2D eigenvalue weighted by atomic mass is 32.2. The summed E-state index contributed by atoms with van der Waals surface area (Å²) in [5.74, 6) is 0. The second-order valence-corrected chi connectivity index (χ2v) is 6.25. The third-order valence-corrected chi connectivity index (χ3v) is 4.25. The van der Waals surface area contributed by atoms with Crippen LogP contribution in [0.15, 0.2) is 47.6 Å². The highest BCUT2D eigenvalue weighted by Crippen LogP contribution is 2.23. The molecule has 1 heterocycles. The average molecular weight is 306 g/mol. The first-order chi connectivity index (χ1) is 9.94. The summed E-state index contributed by atoms with van der Waals surface area (Å²) in [7, 11) is 1.70. The van der Waals surface area contributed by atoms with Crippen molar-refractivity contribution in [3.05, 3.63) is 42.6 Å². The molecule has 0 radical (unpaired) electrons. The van der Waals surface area contributed by atoms with Gasteiger partial charge in [0.2, 0.25) is 0 Å². The van der Waals surface area contributed by atoms with Crippen LogP contribution in [0.5, 0.6) is 0 Å². The van der Waals surface area contributed by atoms with Gasteiger partial charge in [0.15, 0.2) is 5.03 Å².